The van der Waals surface area contributed by atoms with E-state index < -0.39 is 0 Å². The van der Waals surface area contributed by atoms with Gasteiger partial charge in [-0.15, -0.1) is 0 Å². The van der Waals surface area contributed by atoms with E-state index in [1.807, 2.05) is 54.3 Å². The van der Waals surface area contributed by atoms with Crippen LogP contribution in [0, 0.1) is 13.8 Å². The van der Waals surface area contributed by atoms with Crippen LogP contribution >= 0.6 is 11.6 Å². The minimum Gasteiger partial charge on any atom is -0.497 e. The van der Waals surface area contributed by atoms with Crippen LogP contribution in [0.3, 0.4) is 0 Å². The first-order chi connectivity index (χ1) is 16.9. The van der Waals surface area contributed by atoms with Crippen molar-refractivity contribution in [2.45, 2.75) is 26.8 Å². The fourth-order valence-corrected chi connectivity index (χ4v) is 4.44. The molecule has 3 aromatic carbocycles. The van der Waals surface area contributed by atoms with Gasteiger partial charge in [-0.3, -0.25) is 4.79 Å². The van der Waals surface area contributed by atoms with E-state index >= 15 is 0 Å². The summed E-state index contributed by atoms with van der Waals surface area (Å²) in [4.78, 5) is 20.1. The van der Waals surface area contributed by atoms with Gasteiger partial charge in [0.25, 0.3) is 5.91 Å². The van der Waals surface area contributed by atoms with Crippen LogP contribution in [0.1, 0.15) is 32.6 Å². The van der Waals surface area contributed by atoms with Gasteiger partial charge in [0, 0.05) is 29.6 Å². The van der Waals surface area contributed by atoms with Gasteiger partial charge in [-0.2, -0.15) is 0 Å². The number of hydrogen-bond acceptors (Lipinski definition) is 4. The number of carbonyl (C=O) groups is 1. The summed E-state index contributed by atoms with van der Waals surface area (Å²) < 4.78 is 10.6. The van der Waals surface area contributed by atoms with Crippen LogP contribution in [0.2, 0.25) is 5.15 Å². The average molecular weight is 489 g/mol. The quantitative estimate of drug-likeness (QED) is 0.269. The number of methoxy groups -OCH3 is 2. The maximum Gasteiger partial charge on any atom is 0.254 e. The van der Waals surface area contributed by atoms with Crippen molar-refractivity contribution < 1.29 is 14.3 Å². The van der Waals surface area contributed by atoms with Crippen molar-refractivity contribution in [3.8, 4) is 11.5 Å². The number of amides is 1. The van der Waals surface area contributed by atoms with Crippen LogP contribution < -0.4 is 9.47 Å². The van der Waals surface area contributed by atoms with E-state index in [9.17, 15) is 4.79 Å². The van der Waals surface area contributed by atoms with Gasteiger partial charge in [0.05, 0.1) is 19.7 Å². The molecule has 5 nitrogen and oxygen atoms in total. The van der Waals surface area contributed by atoms with Crippen LogP contribution in [0.25, 0.3) is 10.9 Å². The van der Waals surface area contributed by atoms with Crippen LogP contribution in [-0.4, -0.2) is 36.6 Å². The summed E-state index contributed by atoms with van der Waals surface area (Å²) in [6.07, 6.45) is 0.691. The lowest BCUT2D eigenvalue weighted by Crippen LogP contribution is -2.32. The molecular formula is C29H29ClN2O3. The van der Waals surface area contributed by atoms with Gasteiger partial charge in [0.15, 0.2) is 0 Å². The first-order valence-electron chi connectivity index (χ1n) is 11.5. The van der Waals surface area contributed by atoms with Crippen LogP contribution in [0.5, 0.6) is 11.5 Å². The maximum atomic E-state index is 13.6. The molecule has 0 fully saturated rings. The smallest absolute Gasteiger partial charge is 0.254 e. The van der Waals surface area contributed by atoms with Crippen LogP contribution in [0.4, 0.5) is 0 Å². The minimum absolute atomic E-state index is 0.0889. The van der Waals surface area contributed by atoms with E-state index in [1.165, 1.54) is 0 Å². The molecule has 0 atom stereocenters. The molecule has 0 spiro atoms. The predicted octanol–water partition coefficient (Wildman–Crippen LogP) is 6.41. The summed E-state index contributed by atoms with van der Waals surface area (Å²) >= 11 is 6.63. The molecule has 0 radical (unpaired) electrons. The number of pyridine rings is 1. The Morgan fingerprint density at radius 3 is 2.40 bits per heavy atom. The zero-order valence-electron chi connectivity index (χ0n) is 20.5. The summed E-state index contributed by atoms with van der Waals surface area (Å²) in [5.74, 6) is 1.36. The number of rotatable bonds is 8. The molecule has 6 heteroatoms. The standard InChI is InChI=1S/C29H29ClN2O3/c1-19-14-20(2)27-23(15-19)16-24(28(30)31-27)18-32(13-12-21-8-10-25(34-3)11-9-21)29(33)22-6-5-7-26(17-22)35-4/h5-11,14-17H,12-13,18H2,1-4H3. The Kier molecular flexibility index (Phi) is 7.57. The summed E-state index contributed by atoms with van der Waals surface area (Å²) in [5.41, 5.74) is 5.62. The molecule has 35 heavy (non-hydrogen) atoms. The Morgan fingerprint density at radius 1 is 0.943 bits per heavy atom. The Hall–Kier alpha value is -3.57. The lowest BCUT2D eigenvalue weighted by molar-refractivity contribution is 0.0744. The van der Waals surface area contributed by atoms with Gasteiger partial charge in [0.1, 0.15) is 16.7 Å². The van der Waals surface area contributed by atoms with Gasteiger partial charge in [-0.25, -0.2) is 4.98 Å². The molecule has 0 aliphatic carbocycles. The number of ether oxygens (including phenoxy) is 2. The highest BCUT2D eigenvalue weighted by molar-refractivity contribution is 6.30. The third-order valence-electron chi connectivity index (χ3n) is 6.07. The third-order valence-corrected chi connectivity index (χ3v) is 6.40. The van der Waals surface area contributed by atoms with E-state index in [0.29, 0.717) is 36.0 Å². The molecule has 0 aliphatic heterocycles. The van der Waals surface area contributed by atoms with E-state index in [1.54, 1.807) is 26.4 Å². The molecule has 180 valence electrons. The molecule has 1 amide bonds. The third kappa shape index (κ3) is 5.75. The second kappa shape index (κ2) is 10.8. The molecule has 0 aliphatic rings. The number of carbonyl (C=O) groups excluding carboxylic acids is 1. The molecule has 1 aromatic heterocycles. The Bertz CT molecular complexity index is 1350. The van der Waals surface area contributed by atoms with Crippen molar-refractivity contribution in [1.29, 1.82) is 0 Å². The van der Waals surface area contributed by atoms with Crippen LogP contribution in [-0.2, 0) is 13.0 Å². The SMILES string of the molecule is COc1ccc(CCN(Cc2cc3cc(C)cc(C)c3nc2Cl)C(=O)c2cccc(OC)c2)cc1. The van der Waals surface area contributed by atoms with E-state index in [0.717, 1.165) is 38.9 Å². The van der Waals surface area contributed by atoms with Crippen molar-refractivity contribution in [2.24, 2.45) is 0 Å². The Labute approximate surface area is 211 Å². The summed E-state index contributed by atoms with van der Waals surface area (Å²) in [6.45, 7) is 4.96. The number of aryl methyl sites for hydroxylation is 2. The number of halogens is 1. The monoisotopic (exact) mass is 488 g/mol. The molecule has 1 heterocycles. The lowest BCUT2D eigenvalue weighted by atomic mass is 10.0. The molecule has 0 N–H and O–H groups in total. The molecule has 0 saturated carbocycles. The molecule has 0 unspecified atom stereocenters. The van der Waals surface area contributed by atoms with Gasteiger partial charge >= 0.3 is 0 Å². The Balaban J connectivity index is 1.66. The zero-order chi connectivity index (χ0) is 24.9. The summed E-state index contributed by atoms with van der Waals surface area (Å²) in [7, 11) is 3.24. The van der Waals surface area contributed by atoms with Gasteiger partial charge in [-0.05, 0) is 73.9 Å². The topological polar surface area (TPSA) is 51.7 Å². The molecule has 0 bridgehead atoms. The second-order valence-electron chi connectivity index (χ2n) is 8.65. The number of fused-ring (bicyclic) bond motifs is 1. The number of benzene rings is 3. The fourth-order valence-electron chi connectivity index (χ4n) is 4.24. The first kappa shape index (κ1) is 24.6. The molecule has 4 aromatic rings. The van der Waals surface area contributed by atoms with Crippen molar-refractivity contribution >= 4 is 28.4 Å². The molecular weight excluding hydrogens is 460 g/mol. The largest absolute Gasteiger partial charge is 0.497 e. The Morgan fingerprint density at radius 2 is 1.69 bits per heavy atom. The minimum atomic E-state index is -0.0889. The zero-order valence-corrected chi connectivity index (χ0v) is 21.2. The van der Waals surface area contributed by atoms with Crippen LogP contribution in [0.15, 0.2) is 66.7 Å². The lowest BCUT2D eigenvalue weighted by Gasteiger charge is -2.24. The maximum absolute atomic E-state index is 13.6. The highest BCUT2D eigenvalue weighted by atomic mass is 35.5. The second-order valence-corrected chi connectivity index (χ2v) is 9.01. The molecule has 0 saturated heterocycles. The fraction of sp³-hybridized carbons (Fsp3) is 0.241. The number of aromatic nitrogens is 1. The number of hydrogen-bond donors (Lipinski definition) is 0. The van der Waals surface area contributed by atoms with Crippen molar-refractivity contribution in [3.63, 3.8) is 0 Å². The van der Waals surface area contributed by atoms with Gasteiger partial charge in [-0.1, -0.05) is 41.4 Å². The van der Waals surface area contributed by atoms with Crippen molar-refractivity contribution in [3.05, 3.63) is 99.7 Å². The normalized spacial score (nSPS) is 10.9. The summed E-state index contributed by atoms with van der Waals surface area (Å²) in [6, 6.07) is 21.3. The highest BCUT2D eigenvalue weighted by Crippen LogP contribution is 2.26. The van der Waals surface area contributed by atoms with Crippen molar-refractivity contribution in [1.82, 2.24) is 9.88 Å². The van der Waals surface area contributed by atoms with E-state index in [2.05, 4.69) is 24.0 Å². The molecule has 4 rings (SSSR count). The predicted molar refractivity (Wildman–Crippen MR) is 141 cm³/mol. The van der Waals surface area contributed by atoms with Crippen molar-refractivity contribution in [2.75, 3.05) is 20.8 Å². The van der Waals surface area contributed by atoms with E-state index in [-0.39, 0.29) is 5.91 Å². The van der Waals surface area contributed by atoms with Gasteiger partial charge < -0.3 is 14.4 Å². The number of nitrogens with zero attached hydrogens (tertiary/aromatic N) is 2. The summed E-state index contributed by atoms with van der Waals surface area (Å²) in [5, 5.41) is 1.43. The van der Waals surface area contributed by atoms with E-state index in [4.69, 9.17) is 21.1 Å². The first-order valence-corrected chi connectivity index (χ1v) is 11.9. The highest BCUT2D eigenvalue weighted by Gasteiger charge is 2.19. The van der Waals surface area contributed by atoms with Gasteiger partial charge in [0.2, 0.25) is 0 Å². The average Bonchev–Trinajstić information content (AvgIpc) is 2.87.